The van der Waals surface area contributed by atoms with E-state index in [-0.39, 0.29) is 22.1 Å². The largest absolute Gasteiger partial charge is 0.490 e. The van der Waals surface area contributed by atoms with Crippen LogP contribution in [0.1, 0.15) is 34.1 Å². The highest BCUT2D eigenvalue weighted by atomic mass is 16.7. The molecule has 0 unspecified atom stereocenters. The molecular weight excluding hydrogens is 608 g/mol. The summed E-state index contributed by atoms with van der Waals surface area (Å²) in [6.07, 6.45) is -4.74. The van der Waals surface area contributed by atoms with Gasteiger partial charge in [0.2, 0.25) is 12.4 Å². The second-order valence-corrected chi connectivity index (χ2v) is 10.5. The van der Waals surface area contributed by atoms with Crippen LogP contribution >= 0.6 is 0 Å². The lowest BCUT2D eigenvalue weighted by molar-refractivity contribution is -0.288. The minimum absolute atomic E-state index is 0.125. The van der Waals surface area contributed by atoms with Gasteiger partial charge in [0, 0.05) is 40.2 Å². The minimum Gasteiger partial charge on any atom is -0.490 e. The molecule has 5 atom stereocenters. The summed E-state index contributed by atoms with van der Waals surface area (Å²) < 4.78 is 50.6. The predicted octanol–water partition coefficient (Wildman–Crippen LogP) is 3.08. The maximum absolute atomic E-state index is 13.5. The van der Waals surface area contributed by atoms with Crippen LogP contribution in [-0.4, -0.2) is 74.4 Å². The number of benzene rings is 2. The Hall–Kier alpha value is -5.11. The molecule has 14 nitrogen and oxygen atoms in total. The zero-order chi connectivity index (χ0) is 33.0. The third-order valence-corrected chi connectivity index (χ3v) is 7.01. The molecule has 14 heteroatoms. The highest BCUT2D eigenvalue weighted by Crippen LogP contribution is 2.35. The zero-order valence-corrected chi connectivity index (χ0v) is 25.5. The van der Waals surface area contributed by atoms with Crippen molar-refractivity contribution in [3.05, 3.63) is 52.9 Å². The third kappa shape index (κ3) is 7.40. The molecule has 5 rings (SSSR count). The Morgan fingerprint density at radius 3 is 2.15 bits per heavy atom. The molecule has 3 aromatic rings. The number of hydrogen-bond donors (Lipinski definition) is 0. The SMILES string of the molecule is CC(=O)OC[C@@H]1O[C@H](Oc2ccc3c(=O)c(-c4ccc5c(c4)OCCCO5)coc3c2)[C@H](OC(C)=O)[C@@H](OC(C)=O)[C@@H]1OC(C)=O. The van der Waals surface area contributed by atoms with Crippen molar-refractivity contribution in [2.75, 3.05) is 19.8 Å². The van der Waals surface area contributed by atoms with E-state index >= 15 is 0 Å². The van der Waals surface area contributed by atoms with Gasteiger partial charge in [-0.05, 0) is 29.8 Å². The molecule has 2 aliphatic rings. The van der Waals surface area contributed by atoms with Crippen molar-refractivity contribution in [1.29, 1.82) is 0 Å². The van der Waals surface area contributed by atoms with Crippen LogP contribution in [-0.2, 0) is 42.9 Å². The van der Waals surface area contributed by atoms with Gasteiger partial charge in [-0.1, -0.05) is 6.07 Å². The molecule has 1 saturated heterocycles. The van der Waals surface area contributed by atoms with E-state index in [1.807, 2.05) is 0 Å². The normalized spacial score (nSPS) is 22.2. The average Bonchev–Trinajstić information content (AvgIpc) is 3.24. The van der Waals surface area contributed by atoms with Crippen molar-refractivity contribution in [2.45, 2.75) is 64.8 Å². The van der Waals surface area contributed by atoms with Gasteiger partial charge in [0.05, 0.1) is 24.2 Å². The van der Waals surface area contributed by atoms with Gasteiger partial charge in [-0.15, -0.1) is 0 Å². The molecule has 0 N–H and O–H groups in total. The summed E-state index contributed by atoms with van der Waals surface area (Å²) in [4.78, 5) is 61.2. The number of fused-ring (bicyclic) bond motifs is 2. The molecule has 0 aliphatic carbocycles. The first-order valence-corrected chi connectivity index (χ1v) is 14.4. The van der Waals surface area contributed by atoms with Crippen molar-refractivity contribution in [3.8, 4) is 28.4 Å². The van der Waals surface area contributed by atoms with E-state index in [0.717, 1.165) is 27.2 Å². The van der Waals surface area contributed by atoms with Crippen molar-refractivity contribution >= 4 is 34.8 Å². The maximum atomic E-state index is 13.5. The van der Waals surface area contributed by atoms with Crippen LogP contribution in [0.15, 0.2) is 51.9 Å². The second kappa shape index (κ2) is 13.9. The summed E-state index contributed by atoms with van der Waals surface area (Å²) in [7, 11) is 0. The van der Waals surface area contributed by atoms with Crippen LogP contribution in [0.5, 0.6) is 17.2 Å². The summed E-state index contributed by atoms with van der Waals surface area (Å²) >= 11 is 0. The molecule has 244 valence electrons. The first-order chi connectivity index (χ1) is 22.0. The van der Waals surface area contributed by atoms with Crippen LogP contribution in [0, 0.1) is 0 Å². The summed E-state index contributed by atoms with van der Waals surface area (Å²) in [6, 6.07) is 9.61. The van der Waals surface area contributed by atoms with Crippen molar-refractivity contribution in [3.63, 3.8) is 0 Å². The van der Waals surface area contributed by atoms with Crippen LogP contribution in [0.4, 0.5) is 0 Å². The Morgan fingerprint density at radius 1 is 0.783 bits per heavy atom. The highest BCUT2D eigenvalue weighted by molar-refractivity contribution is 5.83. The van der Waals surface area contributed by atoms with E-state index in [2.05, 4.69) is 0 Å². The van der Waals surface area contributed by atoms with Gasteiger partial charge in [-0.3, -0.25) is 24.0 Å². The van der Waals surface area contributed by atoms with Gasteiger partial charge in [0.1, 0.15) is 30.3 Å². The van der Waals surface area contributed by atoms with E-state index in [0.29, 0.717) is 35.8 Å². The summed E-state index contributed by atoms with van der Waals surface area (Å²) in [5, 5.41) is 0.249. The van der Waals surface area contributed by atoms with E-state index in [9.17, 15) is 24.0 Å². The van der Waals surface area contributed by atoms with Crippen LogP contribution in [0.25, 0.3) is 22.1 Å². The molecule has 0 amide bonds. The number of hydrogen-bond acceptors (Lipinski definition) is 14. The summed E-state index contributed by atoms with van der Waals surface area (Å²) in [5.41, 5.74) is 0.745. The first kappa shape index (κ1) is 32.3. The first-order valence-electron chi connectivity index (χ1n) is 14.4. The summed E-state index contributed by atoms with van der Waals surface area (Å²) in [6.45, 7) is 5.16. The molecule has 0 bridgehead atoms. The zero-order valence-electron chi connectivity index (χ0n) is 25.5. The smallest absolute Gasteiger partial charge is 0.303 e. The summed E-state index contributed by atoms with van der Waals surface area (Å²) in [5.74, 6) is -1.70. The maximum Gasteiger partial charge on any atom is 0.303 e. The lowest BCUT2D eigenvalue weighted by Gasteiger charge is -2.43. The van der Waals surface area contributed by atoms with Gasteiger partial charge < -0.3 is 42.3 Å². The molecule has 1 aromatic heterocycles. The minimum atomic E-state index is -1.45. The average molecular weight is 641 g/mol. The van der Waals surface area contributed by atoms with E-state index in [4.69, 9.17) is 42.3 Å². The molecule has 2 aliphatic heterocycles. The Kier molecular flexibility index (Phi) is 9.75. The molecule has 3 heterocycles. The van der Waals surface area contributed by atoms with Gasteiger partial charge >= 0.3 is 23.9 Å². The molecule has 0 radical (unpaired) electrons. The fourth-order valence-corrected chi connectivity index (χ4v) is 5.13. The fourth-order valence-electron chi connectivity index (χ4n) is 5.13. The fraction of sp³-hybridized carbons (Fsp3) is 0.406. The quantitative estimate of drug-likeness (QED) is 0.260. The van der Waals surface area contributed by atoms with Gasteiger partial charge in [-0.25, -0.2) is 0 Å². The van der Waals surface area contributed by atoms with Crippen LogP contribution < -0.4 is 19.6 Å². The Labute approximate surface area is 262 Å². The molecule has 1 fully saturated rings. The Balaban J connectivity index is 1.46. The second-order valence-electron chi connectivity index (χ2n) is 10.5. The molecular formula is C32H32O14. The number of rotatable bonds is 8. The number of carbonyl (C=O) groups is 4. The number of carbonyl (C=O) groups excluding carboxylic acids is 4. The topological polar surface area (TPSA) is 172 Å². The van der Waals surface area contributed by atoms with E-state index in [1.54, 1.807) is 18.2 Å². The van der Waals surface area contributed by atoms with E-state index in [1.165, 1.54) is 31.4 Å². The number of ether oxygens (including phenoxy) is 8. The monoisotopic (exact) mass is 640 g/mol. The number of esters is 4. The van der Waals surface area contributed by atoms with Crippen molar-refractivity contribution < 1.29 is 61.5 Å². The lowest BCUT2D eigenvalue weighted by atomic mass is 9.98. The van der Waals surface area contributed by atoms with E-state index < -0.39 is 61.2 Å². The van der Waals surface area contributed by atoms with Crippen LogP contribution in [0.3, 0.4) is 0 Å². The Morgan fingerprint density at radius 2 is 1.46 bits per heavy atom. The standard InChI is InChI=1S/C32H32O14/c1-16(33)40-15-27-29(42-17(2)34)30(43-18(3)35)31(44-19(4)36)32(46-27)45-21-7-8-22-25(13-21)41-14-23(28(22)37)20-6-9-24-26(12-20)39-11-5-10-38-24/h6-9,12-14,27,29-32H,5,10-11,15H2,1-4H3/t27-,29+,30-,31+,32-/m0/s1. The lowest BCUT2D eigenvalue weighted by Crippen LogP contribution is -2.63. The van der Waals surface area contributed by atoms with Crippen molar-refractivity contribution in [1.82, 2.24) is 0 Å². The molecule has 2 aromatic carbocycles. The van der Waals surface area contributed by atoms with Crippen LogP contribution in [0.2, 0.25) is 0 Å². The molecule has 46 heavy (non-hydrogen) atoms. The predicted molar refractivity (Wildman–Crippen MR) is 156 cm³/mol. The van der Waals surface area contributed by atoms with Gasteiger partial charge in [-0.2, -0.15) is 0 Å². The molecule has 0 saturated carbocycles. The van der Waals surface area contributed by atoms with Gasteiger partial charge in [0.15, 0.2) is 29.1 Å². The Bertz CT molecular complexity index is 1690. The van der Waals surface area contributed by atoms with Gasteiger partial charge in [0.25, 0.3) is 0 Å². The molecule has 0 spiro atoms. The highest BCUT2D eigenvalue weighted by Gasteiger charge is 2.53. The third-order valence-electron chi connectivity index (χ3n) is 7.01. The van der Waals surface area contributed by atoms with Crippen molar-refractivity contribution in [2.24, 2.45) is 0 Å².